The first kappa shape index (κ1) is 17.4. The Hall–Kier alpha value is -2.99. The van der Waals surface area contributed by atoms with Crippen molar-refractivity contribution in [3.05, 3.63) is 66.0 Å². The highest BCUT2D eigenvalue weighted by Crippen LogP contribution is 2.16. The van der Waals surface area contributed by atoms with Crippen LogP contribution in [-0.2, 0) is 6.54 Å². The molecule has 1 fully saturated rings. The van der Waals surface area contributed by atoms with Crippen LogP contribution in [-0.4, -0.2) is 54.0 Å². The monoisotopic (exact) mass is 361 g/mol. The number of hydrogen-bond acceptors (Lipinski definition) is 5. The van der Waals surface area contributed by atoms with Gasteiger partial charge in [0.25, 0.3) is 5.91 Å². The van der Waals surface area contributed by atoms with Gasteiger partial charge in [-0.25, -0.2) is 4.98 Å². The van der Waals surface area contributed by atoms with Crippen LogP contribution >= 0.6 is 0 Å². The molecule has 0 aliphatic carbocycles. The zero-order valence-corrected chi connectivity index (χ0v) is 15.4. The maximum absolute atomic E-state index is 12.6. The maximum Gasteiger partial charge on any atom is 0.253 e. The molecule has 1 aromatic carbocycles. The molecule has 27 heavy (non-hydrogen) atoms. The van der Waals surface area contributed by atoms with Gasteiger partial charge in [0.15, 0.2) is 0 Å². The fraction of sp³-hybridized carbons (Fsp3) is 0.286. The van der Waals surface area contributed by atoms with Crippen molar-refractivity contribution in [3.8, 4) is 0 Å². The van der Waals surface area contributed by atoms with E-state index in [1.807, 2.05) is 42.6 Å². The van der Waals surface area contributed by atoms with E-state index in [1.165, 1.54) is 0 Å². The number of nitrogens with one attached hydrogen (secondary N) is 1. The lowest BCUT2D eigenvalue weighted by Gasteiger charge is -2.33. The third kappa shape index (κ3) is 3.90. The third-order valence-electron chi connectivity index (χ3n) is 4.97. The molecule has 1 aliphatic rings. The number of benzene rings is 1. The number of fused-ring (bicyclic) bond motifs is 1. The number of aromatic nitrogens is 2. The summed E-state index contributed by atoms with van der Waals surface area (Å²) in [5, 5.41) is 3.93. The molecule has 2 aromatic heterocycles. The van der Waals surface area contributed by atoms with Crippen LogP contribution in [0.5, 0.6) is 0 Å². The molecule has 1 saturated heterocycles. The van der Waals surface area contributed by atoms with Crippen LogP contribution in [0.4, 0.5) is 5.82 Å². The van der Waals surface area contributed by atoms with Gasteiger partial charge in [-0.15, -0.1) is 0 Å². The van der Waals surface area contributed by atoms with Gasteiger partial charge in [0, 0.05) is 50.5 Å². The number of piperazine rings is 1. The number of amides is 1. The lowest BCUT2D eigenvalue weighted by molar-refractivity contribution is 0.0952. The van der Waals surface area contributed by atoms with Crippen molar-refractivity contribution >= 4 is 22.6 Å². The Bertz CT molecular complexity index is 927. The molecule has 0 spiro atoms. The SMILES string of the molecule is CN1CCN(c2ccc(CNC(=O)c3cccc4cccnc34)cn2)CC1. The minimum absolute atomic E-state index is 0.123. The summed E-state index contributed by atoms with van der Waals surface area (Å²) in [5.74, 6) is 0.874. The second-order valence-corrected chi connectivity index (χ2v) is 6.88. The van der Waals surface area contributed by atoms with E-state index < -0.39 is 0 Å². The molecule has 0 bridgehead atoms. The van der Waals surface area contributed by atoms with Crippen molar-refractivity contribution in [2.24, 2.45) is 0 Å². The summed E-state index contributed by atoms with van der Waals surface area (Å²) < 4.78 is 0. The quantitative estimate of drug-likeness (QED) is 0.773. The van der Waals surface area contributed by atoms with Crippen LogP contribution < -0.4 is 10.2 Å². The van der Waals surface area contributed by atoms with E-state index in [4.69, 9.17) is 0 Å². The van der Waals surface area contributed by atoms with Crippen molar-refractivity contribution in [3.63, 3.8) is 0 Å². The normalized spacial score (nSPS) is 15.1. The Morgan fingerprint density at radius 3 is 2.63 bits per heavy atom. The smallest absolute Gasteiger partial charge is 0.253 e. The standard InChI is InChI=1S/C21H23N5O/c1-25-10-12-26(13-11-25)19-8-7-16(14-23-19)15-24-21(27)18-6-2-4-17-5-3-9-22-20(17)18/h2-9,14H,10-13,15H2,1H3,(H,24,27). The predicted octanol–water partition coefficient (Wildman–Crippen LogP) is 2.31. The largest absolute Gasteiger partial charge is 0.354 e. The van der Waals surface area contributed by atoms with E-state index in [9.17, 15) is 4.79 Å². The van der Waals surface area contributed by atoms with E-state index in [0.29, 0.717) is 12.1 Å². The van der Waals surface area contributed by atoms with Crippen molar-refractivity contribution in [2.75, 3.05) is 38.1 Å². The number of likely N-dealkylation sites (N-methyl/N-ethyl adjacent to an activating group) is 1. The summed E-state index contributed by atoms with van der Waals surface area (Å²) in [4.78, 5) is 26.1. The Labute approximate surface area is 158 Å². The van der Waals surface area contributed by atoms with E-state index >= 15 is 0 Å². The van der Waals surface area contributed by atoms with E-state index in [2.05, 4.69) is 32.1 Å². The number of nitrogens with zero attached hydrogens (tertiary/aromatic N) is 4. The number of rotatable bonds is 4. The summed E-state index contributed by atoms with van der Waals surface area (Å²) in [6.07, 6.45) is 3.55. The molecule has 0 saturated carbocycles. The molecule has 0 unspecified atom stereocenters. The van der Waals surface area contributed by atoms with E-state index in [1.54, 1.807) is 12.3 Å². The van der Waals surface area contributed by atoms with E-state index in [-0.39, 0.29) is 5.91 Å². The molecule has 0 radical (unpaired) electrons. The fourth-order valence-electron chi connectivity index (χ4n) is 3.31. The maximum atomic E-state index is 12.6. The highest BCUT2D eigenvalue weighted by molar-refractivity contribution is 6.05. The second-order valence-electron chi connectivity index (χ2n) is 6.88. The van der Waals surface area contributed by atoms with Crippen molar-refractivity contribution in [2.45, 2.75) is 6.54 Å². The summed E-state index contributed by atoms with van der Waals surface area (Å²) in [6.45, 7) is 4.54. The number of hydrogen-bond donors (Lipinski definition) is 1. The average molecular weight is 361 g/mol. The topological polar surface area (TPSA) is 61.4 Å². The summed E-state index contributed by atoms with van der Waals surface area (Å²) in [7, 11) is 2.14. The minimum Gasteiger partial charge on any atom is -0.354 e. The Morgan fingerprint density at radius 2 is 1.85 bits per heavy atom. The van der Waals surface area contributed by atoms with Crippen molar-refractivity contribution in [1.82, 2.24) is 20.2 Å². The Morgan fingerprint density at radius 1 is 1.04 bits per heavy atom. The first-order chi connectivity index (χ1) is 13.2. The lowest BCUT2D eigenvalue weighted by Crippen LogP contribution is -2.44. The molecular weight excluding hydrogens is 338 g/mol. The molecule has 3 aromatic rings. The lowest BCUT2D eigenvalue weighted by atomic mass is 10.1. The van der Waals surface area contributed by atoms with Crippen LogP contribution in [0.15, 0.2) is 54.9 Å². The third-order valence-corrected chi connectivity index (χ3v) is 4.97. The number of carbonyl (C=O) groups excluding carboxylic acids is 1. The van der Waals surface area contributed by atoms with Gasteiger partial charge in [-0.05, 0) is 30.8 Å². The van der Waals surface area contributed by atoms with Gasteiger partial charge in [-0.2, -0.15) is 0 Å². The summed E-state index contributed by atoms with van der Waals surface area (Å²) >= 11 is 0. The highest BCUT2D eigenvalue weighted by atomic mass is 16.1. The molecule has 4 rings (SSSR count). The molecular formula is C21H23N5O. The average Bonchev–Trinajstić information content (AvgIpc) is 2.72. The number of para-hydroxylation sites is 1. The molecule has 6 heteroatoms. The molecule has 138 valence electrons. The minimum atomic E-state index is -0.123. The van der Waals surface area contributed by atoms with Gasteiger partial charge in [-0.1, -0.05) is 24.3 Å². The van der Waals surface area contributed by atoms with Crippen molar-refractivity contribution in [1.29, 1.82) is 0 Å². The van der Waals surface area contributed by atoms with Gasteiger partial charge in [0.2, 0.25) is 0 Å². The first-order valence-corrected chi connectivity index (χ1v) is 9.21. The van der Waals surface area contributed by atoms with E-state index in [0.717, 1.165) is 48.5 Å². The first-order valence-electron chi connectivity index (χ1n) is 9.21. The number of pyridine rings is 2. The molecule has 6 nitrogen and oxygen atoms in total. The van der Waals surface area contributed by atoms with Crippen LogP contribution in [0.1, 0.15) is 15.9 Å². The van der Waals surface area contributed by atoms with Gasteiger partial charge < -0.3 is 15.1 Å². The second kappa shape index (κ2) is 7.72. The van der Waals surface area contributed by atoms with Crippen LogP contribution in [0.2, 0.25) is 0 Å². The molecule has 0 atom stereocenters. The zero-order chi connectivity index (χ0) is 18.6. The zero-order valence-electron chi connectivity index (χ0n) is 15.4. The Balaban J connectivity index is 1.40. The van der Waals surface area contributed by atoms with Crippen LogP contribution in [0.25, 0.3) is 10.9 Å². The fourth-order valence-corrected chi connectivity index (χ4v) is 3.31. The Kier molecular flexibility index (Phi) is 4.98. The molecule has 1 amide bonds. The van der Waals surface area contributed by atoms with Crippen molar-refractivity contribution < 1.29 is 4.79 Å². The number of carbonyl (C=O) groups is 1. The summed E-state index contributed by atoms with van der Waals surface area (Å²) in [5.41, 5.74) is 2.30. The van der Waals surface area contributed by atoms with Gasteiger partial charge >= 0.3 is 0 Å². The predicted molar refractivity (Wildman–Crippen MR) is 107 cm³/mol. The van der Waals surface area contributed by atoms with Crippen LogP contribution in [0, 0.1) is 0 Å². The molecule has 3 heterocycles. The highest BCUT2D eigenvalue weighted by Gasteiger charge is 2.15. The van der Waals surface area contributed by atoms with Gasteiger partial charge in [0.1, 0.15) is 5.82 Å². The number of anilines is 1. The van der Waals surface area contributed by atoms with Gasteiger partial charge in [-0.3, -0.25) is 9.78 Å². The summed E-state index contributed by atoms with van der Waals surface area (Å²) in [6, 6.07) is 13.5. The molecule has 1 N–H and O–H groups in total. The van der Waals surface area contributed by atoms with Crippen LogP contribution in [0.3, 0.4) is 0 Å². The molecule has 1 aliphatic heterocycles. The van der Waals surface area contributed by atoms with Gasteiger partial charge in [0.05, 0.1) is 11.1 Å².